The number of nitrogens with one attached hydrogen (secondary N) is 1. The summed E-state index contributed by atoms with van der Waals surface area (Å²) in [5.41, 5.74) is 3.53. The van der Waals surface area contributed by atoms with Crippen LogP contribution in [0.3, 0.4) is 0 Å². The Morgan fingerprint density at radius 2 is 1.93 bits per heavy atom. The van der Waals surface area contributed by atoms with Gasteiger partial charge in [-0.2, -0.15) is 0 Å². The van der Waals surface area contributed by atoms with Crippen LogP contribution in [0.4, 0.5) is 16.0 Å². The van der Waals surface area contributed by atoms with E-state index in [4.69, 9.17) is 4.98 Å². The maximum atomic E-state index is 13.1. The Morgan fingerprint density at radius 1 is 1.14 bits per heavy atom. The third kappa shape index (κ3) is 4.42. The topological polar surface area (TPSA) is 58.1 Å². The Bertz CT molecular complexity index is 1010. The second kappa shape index (κ2) is 8.39. The summed E-state index contributed by atoms with van der Waals surface area (Å²) in [5.74, 6) is 0.294. The number of likely N-dealkylation sites (tertiary alicyclic amines) is 1. The number of nitrogens with zero attached hydrogens (tertiary/aromatic N) is 3. The van der Waals surface area contributed by atoms with Gasteiger partial charge in [0.05, 0.1) is 5.69 Å². The molecule has 1 aliphatic rings. The van der Waals surface area contributed by atoms with E-state index in [1.165, 1.54) is 24.3 Å². The van der Waals surface area contributed by atoms with Crippen LogP contribution < -0.4 is 5.32 Å². The van der Waals surface area contributed by atoms with Gasteiger partial charge in [0.25, 0.3) is 5.91 Å². The smallest absolute Gasteiger partial charge is 0.253 e. The van der Waals surface area contributed by atoms with Gasteiger partial charge in [0, 0.05) is 36.5 Å². The summed E-state index contributed by atoms with van der Waals surface area (Å²) in [6.07, 6.45) is 3.62. The van der Waals surface area contributed by atoms with E-state index in [0.29, 0.717) is 24.6 Å². The molecule has 1 aromatic heterocycles. The van der Waals surface area contributed by atoms with Crippen molar-refractivity contribution >= 4 is 17.5 Å². The number of para-hydroxylation sites is 1. The van der Waals surface area contributed by atoms with Crippen LogP contribution in [0.5, 0.6) is 0 Å². The van der Waals surface area contributed by atoms with Crippen molar-refractivity contribution in [3.63, 3.8) is 0 Å². The summed E-state index contributed by atoms with van der Waals surface area (Å²) >= 11 is 0. The monoisotopic (exact) mass is 390 g/mol. The second-order valence-electron chi connectivity index (χ2n) is 7.34. The van der Waals surface area contributed by atoms with E-state index in [0.717, 1.165) is 29.8 Å². The van der Waals surface area contributed by atoms with Gasteiger partial charge in [0.15, 0.2) is 0 Å². The van der Waals surface area contributed by atoms with Gasteiger partial charge in [0.1, 0.15) is 5.82 Å². The SMILES string of the molecule is Cc1ccccc1Nc1nccc([C@H]2CCCN(C(=O)c3ccc(F)cc3)C2)n1. The number of aromatic nitrogens is 2. The molecule has 0 radical (unpaired) electrons. The first-order valence-corrected chi connectivity index (χ1v) is 9.80. The van der Waals surface area contributed by atoms with Crippen molar-refractivity contribution in [2.45, 2.75) is 25.7 Å². The Labute approximate surface area is 169 Å². The number of piperidine rings is 1. The van der Waals surface area contributed by atoms with Crippen molar-refractivity contribution in [2.24, 2.45) is 0 Å². The molecule has 1 aliphatic heterocycles. The minimum atomic E-state index is -0.340. The fourth-order valence-electron chi connectivity index (χ4n) is 3.67. The maximum absolute atomic E-state index is 13.1. The number of carbonyl (C=O) groups is 1. The number of halogens is 1. The van der Waals surface area contributed by atoms with Crippen LogP contribution in [0, 0.1) is 12.7 Å². The largest absolute Gasteiger partial charge is 0.338 e. The Kier molecular flexibility index (Phi) is 5.51. The number of carbonyl (C=O) groups excluding carboxylic acids is 1. The number of rotatable bonds is 4. The molecule has 0 bridgehead atoms. The highest BCUT2D eigenvalue weighted by molar-refractivity contribution is 5.94. The van der Waals surface area contributed by atoms with Gasteiger partial charge >= 0.3 is 0 Å². The zero-order valence-corrected chi connectivity index (χ0v) is 16.3. The molecule has 0 saturated carbocycles. The summed E-state index contributed by atoms with van der Waals surface area (Å²) in [5, 5.41) is 3.28. The van der Waals surface area contributed by atoms with Crippen molar-refractivity contribution in [1.29, 1.82) is 0 Å². The van der Waals surface area contributed by atoms with Gasteiger partial charge in [-0.1, -0.05) is 18.2 Å². The van der Waals surface area contributed by atoms with Gasteiger partial charge in [-0.3, -0.25) is 4.79 Å². The van der Waals surface area contributed by atoms with Gasteiger partial charge in [0.2, 0.25) is 5.95 Å². The van der Waals surface area contributed by atoms with Gasteiger partial charge in [-0.05, 0) is 61.7 Å². The molecule has 6 heteroatoms. The lowest BCUT2D eigenvalue weighted by molar-refractivity contribution is 0.0706. The summed E-state index contributed by atoms with van der Waals surface area (Å²) in [4.78, 5) is 23.7. The van der Waals surface area contributed by atoms with Gasteiger partial charge in [-0.25, -0.2) is 14.4 Å². The highest BCUT2D eigenvalue weighted by Gasteiger charge is 2.26. The molecule has 5 nitrogen and oxygen atoms in total. The average Bonchev–Trinajstić information content (AvgIpc) is 2.76. The quantitative estimate of drug-likeness (QED) is 0.702. The van der Waals surface area contributed by atoms with Crippen molar-refractivity contribution < 1.29 is 9.18 Å². The van der Waals surface area contributed by atoms with E-state index < -0.39 is 0 Å². The van der Waals surface area contributed by atoms with E-state index in [1.807, 2.05) is 42.2 Å². The molecule has 1 saturated heterocycles. The predicted molar refractivity (Wildman–Crippen MR) is 111 cm³/mol. The number of hydrogen-bond acceptors (Lipinski definition) is 4. The lowest BCUT2D eigenvalue weighted by Crippen LogP contribution is -2.39. The zero-order valence-electron chi connectivity index (χ0n) is 16.3. The van der Waals surface area contributed by atoms with Crippen LogP contribution >= 0.6 is 0 Å². The van der Waals surface area contributed by atoms with Gasteiger partial charge < -0.3 is 10.2 Å². The lowest BCUT2D eigenvalue weighted by Gasteiger charge is -2.32. The van der Waals surface area contributed by atoms with Crippen molar-refractivity contribution in [3.8, 4) is 0 Å². The third-order valence-electron chi connectivity index (χ3n) is 5.29. The molecule has 0 unspecified atom stereocenters. The molecule has 1 fully saturated rings. The highest BCUT2D eigenvalue weighted by atomic mass is 19.1. The second-order valence-corrected chi connectivity index (χ2v) is 7.34. The summed E-state index contributed by atoms with van der Waals surface area (Å²) < 4.78 is 13.1. The normalized spacial score (nSPS) is 16.5. The molecule has 0 aliphatic carbocycles. The standard InChI is InChI=1S/C23H23FN4O/c1-16-5-2-3-7-20(16)26-23-25-13-12-21(27-23)18-6-4-14-28(15-18)22(29)17-8-10-19(24)11-9-17/h2-3,5,7-13,18H,4,6,14-15H2,1H3,(H,25,26,27)/t18-/m0/s1. The Hall–Kier alpha value is -3.28. The fraction of sp³-hybridized carbons (Fsp3) is 0.261. The number of anilines is 2. The molecule has 4 rings (SSSR count). The van der Waals surface area contributed by atoms with Crippen LogP contribution in [0.1, 0.15) is 40.4 Å². The van der Waals surface area contributed by atoms with Crippen molar-refractivity contribution in [2.75, 3.05) is 18.4 Å². The first-order valence-electron chi connectivity index (χ1n) is 9.80. The maximum Gasteiger partial charge on any atom is 0.253 e. The van der Waals surface area contributed by atoms with Crippen LogP contribution in [-0.2, 0) is 0 Å². The van der Waals surface area contributed by atoms with Crippen molar-refractivity contribution in [1.82, 2.24) is 14.9 Å². The Balaban J connectivity index is 1.49. The highest BCUT2D eigenvalue weighted by Crippen LogP contribution is 2.27. The lowest BCUT2D eigenvalue weighted by atomic mass is 9.94. The van der Waals surface area contributed by atoms with E-state index in [9.17, 15) is 9.18 Å². The first-order chi connectivity index (χ1) is 14.1. The molecule has 3 aromatic rings. The first kappa shape index (κ1) is 19.1. The van der Waals surface area contributed by atoms with Gasteiger partial charge in [-0.15, -0.1) is 0 Å². The summed E-state index contributed by atoms with van der Waals surface area (Å²) in [7, 11) is 0. The molecule has 0 spiro atoms. The number of aryl methyl sites for hydroxylation is 1. The van der Waals surface area contributed by atoms with Crippen molar-refractivity contribution in [3.05, 3.63) is 83.4 Å². The summed E-state index contributed by atoms with van der Waals surface area (Å²) in [6, 6.07) is 15.6. The minimum Gasteiger partial charge on any atom is -0.338 e. The van der Waals surface area contributed by atoms with E-state index >= 15 is 0 Å². The number of benzene rings is 2. The molecular weight excluding hydrogens is 367 g/mol. The van der Waals surface area contributed by atoms with Crippen LogP contribution in [0.25, 0.3) is 0 Å². The number of amides is 1. The molecule has 29 heavy (non-hydrogen) atoms. The molecular formula is C23H23FN4O. The third-order valence-corrected chi connectivity index (χ3v) is 5.29. The van der Waals surface area contributed by atoms with E-state index in [1.54, 1.807) is 6.20 Å². The molecule has 1 amide bonds. The van der Waals surface area contributed by atoms with Crippen LogP contribution in [0.2, 0.25) is 0 Å². The average molecular weight is 390 g/mol. The number of hydrogen-bond donors (Lipinski definition) is 1. The molecule has 148 valence electrons. The zero-order chi connectivity index (χ0) is 20.2. The predicted octanol–water partition coefficient (Wildman–Crippen LogP) is 4.69. The van der Waals surface area contributed by atoms with Crippen LogP contribution in [0.15, 0.2) is 60.8 Å². The van der Waals surface area contributed by atoms with E-state index in [2.05, 4.69) is 10.3 Å². The fourth-order valence-corrected chi connectivity index (χ4v) is 3.67. The minimum absolute atomic E-state index is 0.0676. The molecule has 1 N–H and O–H groups in total. The molecule has 2 aromatic carbocycles. The Morgan fingerprint density at radius 3 is 2.72 bits per heavy atom. The summed E-state index contributed by atoms with van der Waals surface area (Å²) in [6.45, 7) is 3.33. The molecule has 2 heterocycles. The molecule has 1 atom stereocenters. The van der Waals surface area contributed by atoms with Crippen LogP contribution in [-0.4, -0.2) is 33.9 Å². The van der Waals surface area contributed by atoms with E-state index in [-0.39, 0.29) is 17.6 Å².